The van der Waals surface area contributed by atoms with Crippen molar-refractivity contribution in [3.05, 3.63) is 17.7 Å². The lowest BCUT2D eigenvalue weighted by atomic mass is 9.93. The molecule has 1 aromatic carbocycles. The molecule has 8 heteroatoms. The summed E-state index contributed by atoms with van der Waals surface area (Å²) < 4.78 is 16.1. The van der Waals surface area contributed by atoms with E-state index in [0.29, 0.717) is 48.2 Å². The Morgan fingerprint density at radius 2 is 1.56 bits per heavy atom. The number of hydrogen-bond donors (Lipinski definition) is 1. The molecule has 3 rings (SSSR count). The summed E-state index contributed by atoms with van der Waals surface area (Å²) in [5.74, 6) is 1.77. The van der Waals surface area contributed by atoms with Crippen LogP contribution in [-0.2, 0) is 4.79 Å². The van der Waals surface area contributed by atoms with Crippen molar-refractivity contribution < 1.29 is 23.8 Å². The maximum atomic E-state index is 13.0. The molecular weight excluding hydrogens is 410 g/mol. The van der Waals surface area contributed by atoms with Crippen LogP contribution in [0.4, 0.5) is 0 Å². The zero-order valence-electron chi connectivity index (χ0n) is 19.7. The van der Waals surface area contributed by atoms with E-state index in [-0.39, 0.29) is 11.8 Å². The molecule has 32 heavy (non-hydrogen) atoms. The Hall–Kier alpha value is -2.48. The Labute approximate surface area is 191 Å². The number of nitrogens with zero attached hydrogens (tertiary/aromatic N) is 2. The average Bonchev–Trinajstić information content (AvgIpc) is 2.83. The number of carbonyl (C=O) groups excluding carboxylic acids is 2. The predicted molar refractivity (Wildman–Crippen MR) is 123 cm³/mol. The van der Waals surface area contributed by atoms with E-state index in [0.717, 1.165) is 39.0 Å². The van der Waals surface area contributed by atoms with Gasteiger partial charge < -0.3 is 29.3 Å². The number of ether oxygens (including phenoxy) is 3. The first kappa shape index (κ1) is 24.2. The van der Waals surface area contributed by atoms with Gasteiger partial charge in [0.05, 0.1) is 21.3 Å². The fraction of sp³-hybridized carbons (Fsp3) is 0.667. The van der Waals surface area contributed by atoms with E-state index < -0.39 is 0 Å². The van der Waals surface area contributed by atoms with Crippen molar-refractivity contribution in [3.63, 3.8) is 0 Å². The van der Waals surface area contributed by atoms with Crippen LogP contribution in [0, 0.1) is 5.92 Å². The molecule has 0 unspecified atom stereocenters. The van der Waals surface area contributed by atoms with Gasteiger partial charge in [-0.3, -0.25) is 9.59 Å². The zero-order chi connectivity index (χ0) is 22.9. The SMILES string of the molecule is COc1cc(C(=O)N2CCC(CC(=O)NCCN3CCCCC3)CC2)cc(OC)c1OC. The first-order chi connectivity index (χ1) is 15.5. The normalized spacial score (nSPS) is 17.7. The van der Waals surface area contributed by atoms with Crippen molar-refractivity contribution in [1.29, 1.82) is 0 Å². The second-order valence-electron chi connectivity index (χ2n) is 8.61. The molecule has 0 aromatic heterocycles. The van der Waals surface area contributed by atoms with E-state index in [2.05, 4.69) is 10.2 Å². The Bertz CT molecular complexity index is 746. The van der Waals surface area contributed by atoms with Gasteiger partial charge in [0, 0.05) is 38.2 Å². The lowest BCUT2D eigenvalue weighted by Crippen LogP contribution is -2.41. The van der Waals surface area contributed by atoms with E-state index in [4.69, 9.17) is 14.2 Å². The van der Waals surface area contributed by atoms with E-state index in [1.807, 2.05) is 4.90 Å². The van der Waals surface area contributed by atoms with E-state index in [1.54, 1.807) is 12.1 Å². The molecule has 8 nitrogen and oxygen atoms in total. The van der Waals surface area contributed by atoms with Gasteiger partial charge in [0.2, 0.25) is 11.7 Å². The van der Waals surface area contributed by atoms with Crippen LogP contribution in [0.2, 0.25) is 0 Å². The second-order valence-corrected chi connectivity index (χ2v) is 8.61. The molecule has 2 heterocycles. The molecule has 2 aliphatic heterocycles. The van der Waals surface area contributed by atoms with Crippen molar-refractivity contribution in [3.8, 4) is 17.2 Å². The van der Waals surface area contributed by atoms with Gasteiger partial charge in [-0.15, -0.1) is 0 Å². The van der Waals surface area contributed by atoms with Crippen LogP contribution >= 0.6 is 0 Å². The minimum Gasteiger partial charge on any atom is -0.493 e. The number of likely N-dealkylation sites (tertiary alicyclic amines) is 2. The zero-order valence-corrected chi connectivity index (χ0v) is 19.7. The molecule has 1 N–H and O–H groups in total. The van der Waals surface area contributed by atoms with E-state index >= 15 is 0 Å². The van der Waals surface area contributed by atoms with Crippen molar-refractivity contribution in [2.75, 3.05) is 60.6 Å². The first-order valence-electron chi connectivity index (χ1n) is 11.6. The minimum atomic E-state index is -0.0614. The first-order valence-corrected chi connectivity index (χ1v) is 11.6. The van der Waals surface area contributed by atoms with Crippen LogP contribution < -0.4 is 19.5 Å². The van der Waals surface area contributed by atoms with Crippen LogP contribution in [0.5, 0.6) is 17.2 Å². The number of methoxy groups -OCH3 is 3. The van der Waals surface area contributed by atoms with E-state index in [1.165, 1.54) is 40.6 Å². The molecule has 2 fully saturated rings. The average molecular weight is 448 g/mol. The molecule has 1 aromatic rings. The molecule has 0 bridgehead atoms. The third-order valence-electron chi connectivity index (χ3n) is 6.49. The molecule has 2 amide bonds. The molecular formula is C24H37N3O5. The van der Waals surface area contributed by atoms with Gasteiger partial charge in [-0.25, -0.2) is 0 Å². The third-order valence-corrected chi connectivity index (χ3v) is 6.49. The molecule has 0 spiro atoms. The van der Waals surface area contributed by atoms with Crippen LogP contribution in [0.3, 0.4) is 0 Å². The fourth-order valence-corrected chi connectivity index (χ4v) is 4.60. The molecule has 178 valence electrons. The maximum Gasteiger partial charge on any atom is 0.254 e. The Morgan fingerprint density at radius 3 is 2.12 bits per heavy atom. The number of nitrogens with one attached hydrogen (secondary N) is 1. The number of hydrogen-bond acceptors (Lipinski definition) is 6. The number of rotatable bonds is 9. The summed E-state index contributed by atoms with van der Waals surface area (Å²) >= 11 is 0. The Balaban J connectivity index is 1.45. The smallest absolute Gasteiger partial charge is 0.254 e. The van der Waals surface area contributed by atoms with E-state index in [9.17, 15) is 9.59 Å². The lowest BCUT2D eigenvalue weighted by Gasteiger charge is -2.32. The second kappa shape index (κ2) is 11.9. The number of carbonyl (C=O) groups is 2. The minimum absolute atomic E-state index is 0.0614. The standard InChI is InChI=1S/C24H37N3O5/c1-30-20-16-19(17-21(31-2)23(20)32-3)24(29)27-12-7-18(8-13-27)15-22(28)25-9-14-26-10-5-4-6-11-26/h16-18H,4-15H2,1-3H3,(H,25,28). The Kier molecular flexibility index (Phi) is 9.02. The van der Waals surface area contributed by atoms with Gasteiger partial charge in [0.15, 0.2) is 11.5 Å². The predicted octanol–water partition coefficient (Wildman–Crippen LogP) is 2.56. The van der Waals surface area contributed by atoms with Gasteiger partial charge in [-0.05, 0) is 56.8 Å². The van der Waals surface area contributed by atoms with Crippen molar-refractivity contribution >= 4 is 11.8 Å². The van der Waals surface area contributed by atoms with Gasteiger partial charge in [-0.2, -0.15) is 0 Å². The van der Waals surface area contributed by atoms with Crippen LogP contribution in [0.1, 0.15) is 48.9 Å². The molecule has 0 aliphatic carbocycles. The molecule has 0 atom stereocenters. The number of benzene rings is 1. The summed E-state index contributed by atoms with van der Waals surface area (Å²) in [5.41, 5.74) is 0.508. The third kappa shape index (κ3) is 6.28. The lowest BCUT2D eigenvalue weighted by molar-refractivity contribution is -0.122. The number of amides is 2. The van der Waals surface area contributed by atoms with Crippen LogP contribution in [0.25, 0.3) is 0 Å². The number of piperidine rings is 2. The maximum absolute atomic E-state index is 13.0. The molecule has 2 saturated heterocycles. The molecule has 0 radical (unpaired) electrons. The van der Waals surface area contributed by atoms with Crippen LogP contribution in [0.15, 0.2) is 12.1 Å². The molecule has 0 saturated carbocycles. The Morgan fingerprint density at radius 1 is 0.938 bits per heavy atom. The summed E-state index contributed by atoms with van der Waals surface area (Å²) in [6.45, 7) is 5.23. The fourth-order valence-electron chi connectivity index (χ4n) is 4.60. The summed E-state index contributed by atoms with van der Waals surface area (Å²) in [7, 11) is 4.61. The topological polar surface area (TPSA) is 80.3 Å². The van der Waals surface area contributed by atoms with Crippen molar-refractivity contribution in [1.82, 2.24) is 15.1 Å². The summed E-state index contributed by atoms with van der Waals surface area (Å²) in [6, 6.07) is 3.37. The largest absolute Gasteiger partial charge is 0.493 e. The summed E-state index contributed by atoms with van der Waals surface area (Å²) in [5, 5.41) is 3.07. The van der Waals surface area contributed by atoms with Crippen molar-refractivity contribution in [2.24, 2.45) is 5.92 Å². The summed E-state index contributed by atoms with van der Waals surface area (Å²) in [4.78, 5) is 29.7. The van der Waals surface area contributed by atoms with Gasteiger partial charge >= 0.3 is 0 Å². The van der Waals surface area contributed by atoms with Gasteiger partial charge in [0.25, 0.3) is 5.91 Å². The highest BCUT2D eigenvalue weighted by Gasteiger charge is 2.27. The molecule has 2 aliphatic rings. The highest BCUT2D eigenvalue weighted by molar-refractivity contribution is 5.95. The summed E-state index contributed by atoms with van der Waals surface area (Å²) in [6.07, 6.45) is 6.05. The quantitative estimate of drug-likeness (QED) is 0.627. The van der Waals surface area contributed by atoms with Crippen LogP contribution in [-0.4, -0.2) is 82.2 Å². The van der Waals surface area contributed by atoms with Gasteiger partial charge in [-0.1, -0.05) is 6.42 Å². The van der Waals surface area contributed by atoms with Crippen molar-refractivity contribution in [2.45, 2.75) is 38.5 Å². The highest BCUT2D eigenvalue weighted by Crippen LogP contribution is 2.38. The monoisotopic (exact) mass is 447 g/mol. The highest BCUT2D eigenvalue weighted by atomic mass is 16.5. The van der Waals surface area contributed by atoms with Gasteiger partial charge in [0.1, 0.15) is 0 Å².